The minimum absolute atomic E-state index is 0.0553. The molecule has 1 fully saturated rings. The summed E-state index contributed by atoms with van der Waals surface area (Å²) < 4.78 is 30.6. The van der Waals surface area contributed by atoms with E-state index >= 15 is 0 Å². The van der Waals surface area contributed by atoms with Crippen LogP contribution in [0.25, 0.3) is 0 Å². The van der Waals surface area contributed by atoms with Gasteiger partial charge in [0, 0.05) is 37.6 Å². The average molecular weight is 684 g/mol. The van der Waals surface area contributed by atoms with Crippen LogP contribution in [0.2, 0.25) is 0 Å². The minimum Gasteiger partial charge on any atom is -0.352 e. The third-order valence-electron chi connectivity index (χ3n) is 8.14. The summed E-state index contributed by atoms with van der Waals surface area (Å²) in [6, 6.07) is 22.0. The van der Waals surface area contributed by atoms with Crippen LogP contribution in [-0.2, 0) is 32.8 Å². The summed E-state index contributed by atoms with van der Waals surface area (Å²) in [5, 5.41) is 3.24. The molecule has 2 amide bonds. The van der Waals surface area contributed by atoms with E-state index in [4.69, 9.17) is 0 Å². The molecule has 3 aromatic carbocycles. The van der Waals surface area contributed by atoms with Crippen molar-refractivity contribution >= 4 is 43.6 Å². The number of nitrogens with one attached hydrogen (secondary N) is 1. The van der Waals surface area contributed by atoms with E-state index in [2.05, 4.69) is 21.2 Å². The molecule has 0 spiro atoms. The second-order valence-electron chi connectivity index (χ2n) is 11.8. The molecule has 8 nitrogen and oxygen atoms in total. The van der Waals surface area contributed by atoms with Crippen molar-refractivity contribution in [2.24, 2.45) is 0 Å². The number of nitrogens with zero attached hydrogens (tertiary/aromatic N) is 3. The van der Waals surface area contributed by atoms with E-state index in [1.165, 1.54) is 14.1 Å². The highest BCUT2D eigenvalue weighted by molar-refractivity contribution is 9.10. The van der Waals surface area contributed by atoms with Crippen LogP contribution in [0.1, 0.15) is 54.4 Å². The molecule has 3 aromatic rings. The van der Waals surface area contributed by atoms with Crippen molar-refractivity contribution in [1.29, 1.82) is 0 Å². The maximum Gasteiger partial charge on any atom is 0.304 e. The maximum atomic E-state index is 14.5. The van der Waals surface area contributed by atoms with Crippen LogP contribution < -0.4 is 9.62 Å². The summed E-state index contributed by atoms with van der Waals surface area (Å²) in [7, 11) is -1.15. The van der Waals surface area contributed by atoms with Gasteiger partial charge in [-0.25, -0.2) is 4.31 Å². The number of carbonyl (C=O) groups is 2. The van der Waals surface area contributed by atoms with Crippen LogP contribution >= 0.6 is 15.9 Å². The summed E-state index contributed by atoms with van der Waals surface area (Å²) >= 11 is 3.48. The van der Waals surface area contributed by atoms with Gasteiger partial charge in [-0.2, -0.15) is 12.7 Å². The number of anilines is 1. The predicted octanol–water partition coefficient (Wildman–Crippen LogP) is 5.77. The molecule has 0 bridgehead atoms. The first-order chi connectivity index (χ1) is 21.0. The molecule has 1 unspecified atom stereocenters. The van der Waals surface area contributed by atoms with Gasteiger partial charge in [0.05, 0.1) is 5.69 Å². The van der Waals surface area contributed by atoms with E-state index < -0.39 is 28.7 Å². The van der Waals surface area contributed by atoms with Gasteiger partial charge >= 0.3 is 10.2 Å². The van der Waals surface area contributed by atoms with Crippen molar-refractivity contribution in [3.63, 3.8) is 0 Å². The van der Waals surface area contributed by atoms with Crippen molar-refractivity contribution in [2.45, 2.75) is 71.0 Å². The summed E-state index contributed by atoms with van der Waals surface area (Å²) in [6.07, 6.45) is 5.39. The molecule has 0 aromatic heterocycles. The van der Waals surface area contributed by atoms with E-state index in [9.17, 15) is 18.0 Å². The normalized spacial score (nSPS) is 14.7. The highest BCUT2D eigenvalue weighted by Gasteiger charge is 2.36. The first kappa shape index (κ1) is 33.7. The van der Waals surface area contributed by atoms with Gasteiger partial charge in [0.25, 0.3) is 0 Å². The predicted molar refractivity (Wildman–Crippen MR) is 180 cm³/mol. The largest absolute Gasteiger partial charge is 0.352 e. The second-order valence-corrected chi connectivity index (χ2v) is 14.8. The fourth-order valence-corrected chi connectivity index (χ4v) is 6.95. The number of carbonyl (C=O) groups excluding carboxylic acids is 2. The molecule has 1 N–H and O–H groups in total. The lowest BCUT2D eigenvalue weighted by Crippen LogP contribution is -2.55. The van der Waals surface area contributed by atoms with Crippen LogP contribution in [0, 0.1) is 13.8 Å². The Labute approximate surface area is 270 Å². The molecule has 44 heavy (non-hydrogen) atoms. The number of amides is 2. The van der Waals surface area contributed by atoms with Crippen LogP contribution in [-0.4, -0.2) is 62.2 Å². The molecule has 236 valence electrons. The molecular formula is C34H43BrN4O4S. The Balaban J connectivity index is 1.77. The number of rotatable bonds is 12. The van der Waals surface area contributed by atoms with Gasteiger partial charge in [-0.15, -0.1) is 0 Å². The van der Waals surface area contributed by atoms with Crippen LogP contribution in [0.5, 0.6) is 0 Å². The van der Waals surface area contributed by atoms with E-state index in [1.807, 2.05) is 80.6 Å². The third-order valence-corrected chi connectivity index (χ3v) is 10.5. The molecule has 1 saturated carbocycles. The van der Waals surface area contributed by atoms with E-state index in [0.717, 1.165) is 67.4 Å². The SMILES string of the molecule is Cc1ccc(C)c(N(CC(=O)N(Cc2ccc(Br)cc2)C(Cc2ccccc2)C(=O)NC2CCCCC2)S(=O)(=O)N(C)C)c1. The highest BCUT2D eigenvalue weighted by Crippen LogP contribution is 2.27. The average Bonchev–Trinajstić information content (AvgIpc) is 3.00. The Hall–Kier alpha value is -3.21. The molecular weight excluding hydrogens is 640 g/mol. The van der Waals surface area contributed by atoms with Gasteiger partial charge in [0.1, 0.15) is 12.6 Å². The zero-order valence-electron chi connectivity index (χ0n) is 26.0. The Morgan fingerprint density at radius 2 is 1.57 bits per heavy atom. The van der Waals surface area contributed by atoms with Crippen molar-refractivity contribution in [1.82, 2.24) is 14.5 Å². The molecule has 10 heteroatoms. The summed E-state index contributed by atoms with van der Waals surface area (Å²) in [5.41, 5.74) is 3.78. The molecule has 0 radical (unpaired) electrons. The molecule has 1 aliphatic carbocycles. The van der Waals surface area contributed by atoms with Crippen molar-refractivity contribution in [3.05, 3.63) is 99.5 Å². The van der Waals surface area contributed by atoms with Crippen molar-refractivity contribution < 1.29 is 18.0 Å². The fraction of sp³-hybridized carbons (Fsp3) is 0.412. The zero-order valence-corrected chi connectivity index (χ0v) is 28.4. The quantitative estimate of drug-likeness (QED) is 0.263. The Kier molecular flexibility index (Phi) is 11.6. The number of aryl methyl sites for hydroxylation is 2. The molecule has 1 atom stereocenters. The van der Waals surface area contributed by atoms with Gasteiger partial charge < -0.3 is 10.2 Å². The van der Waals surface area contributed by atoms with Crippen LogP contribution in [0.15, 0.2) is 77.3 Å². The first-order valence-electron chi connectivity index (χ1n) is 15.1. The van der Waals surface area contributed by atoms with Crippen molar-refractivity contribution in [3.8, 4) is 0 Å². The molecule has 0 saturated heterocycles. The van der Waals surface area contributed by atoms with Gasteiger partial charge in [0.15, 0.2) is 0 Å². The number of hydrogen-bond acceptors (Lipinski definition) is 4. The molecule has 0 aliphatic heterocycles. The maximum absolute atomic E-state index is 14.5. The monoisotopic (exact) mass is 682 g/mol. The van der Waals surface area contributed by atoms with Gasteiger partial charge in [0.2, 0.25) is 11.8 Å². The fourth-order valence-electron chi connectivity index (χ4n) is 5.57. The Morgan fingerprint density at radius 1 is 0.909 bits per heavy atom. The third kappa shape index (κ3) is 8.70. The number of halogens is 1. The smallest absolute Gasteiger partial charge is 0.304 e. The van der Waals surface area contributed by atoms with E-state index in [1.54, 1.807) is 11.0 Å². The lowest BCUT2D eigenvalue weighted by molar-refractivity contribution is -0.140. The Bertz CT molecular complexity index is 1520. The van der Waals surface area contributed by atoms with Gasteiger partial charge in [-0.3, -0.25) is 9.59 Å². The second kappa shape index (κ2) is 15.2. The summed E-state index contributed by atoms with van der Waals surface area (Å²) in [6.45, 7) is 3.40. The van der Waals surface area contributed by atoms with Crippen molar-refractivity contribution in [2.75, 3.05) is 24.9 Å². The molecule has 0 heterocycles. The van der Waals surface area contributed by atoms with Gasteiger partial charge in [-0.1, -0.05) is 89.8 Å². The summed E-state index contributed by atoms with van der Waals surface area (Å²) in [5.74, 6) is -0.682. The number of benzene rings is 3. The lowest BCUT2D eigenvalue weighted by Gasteiger charge is -2.35. The minimum atomic E-state index is -4.05. The summed E-state index contributed by atoms with van der Waals surface area (Å²) in [4.78, 5) is 30.2. The Morgan fingerprint density at radius 3 is 2.20 bits per heavy atom. The van der Waals surface area contributed by atoms with Crippen LogP contribution in [0.3, 0.4) is 0 Å². The number of hydrogen-bond donors (Lipinski definition) is 1. The van der Waals surface area contributed by atoms with E-state index in [-0.39, 0.29) is 18.5 Å². The van der Waals surface area contributed by atoms with Gasteiger partial charge in [-0.05, 0) is 67.1 Å². The topological polar surface area (TPSA) is 90.0 Å². The highest BCUT2D eigenvalue weighted by atomic mass is 79.9. The van der Waals surface area contributed by atoms with E-state index in [0.29, 0.717) is 12.1 Å². The molecule has 1 aliphatic rings. The zero-order chi connectivity index (χ0) is 31.9. The first-order valence-corrected chi connectivity index (χ1v) is 17.3. The standard InChI is InChI=1S/C34H43BrN4O4S/c1-25-15-16-26(2)31(21-25)39(44(42,43)37(3)4)24-33(40)38(23-28-17-19-29(35)20-18-28)32(22-27-11-7-5-8-12-27)34(41)36-30-13-9-6-10-14-30/h5,7-8,11-12,15-21,30,32H,6,9-10,13-14,22-24H2,1-4H3,(H,36,41). The molecule has 4 rings (SSSR count). The lowest BCUT2D eigenvalue weighted by atomic mass is 9.94. The van der Waals surface area contributed by atoms with Crippen LogP contribution in [0.4, 0.5) is 5.69 Å².